The molecule has 0 fully saturated rings. The molecule has 0 unspecified atom stereocenters. The van der Waals surface area contributed by atoms with Crippen LogP contribution in [-0.2, 0) is 0 Å². The normalized spacial score (nSPS) is 12.1. The maximum Gasteiger partial charge on any atom is 0.185 e. The second-order valence-corrected chi connectivity index (χ2v) is 5.35. The third kappa shape index (κ3) is 1.60. The van der Waals surface area contributed by atoms with E-state index in [1.54, 1.807) is 0 Å². The van der Waals surface area contributed by atoms with E-state index in [9.17, 15) is 0 Å². The molecule has 2 nitrogen and oxygen atoms in total. The first-order chi connectivity index (χ1) is 7.75. The van der Waals surface area contributed by atoms with Crippen molar-refractivity contribution in [3.05, 3.63) is 44.4 Å². The van der Waals surface area contributed by atoms with Crippen molar-refractivity contribution in [1.29, 1.82) is 0 Å². The molecular formula is C12H6BrIO2. The first-order valence-corrected chi connectivity index (χ1v) is 6.55. The minimum Gasteiger partial charge on any atom is -0.448 e. The van der Waals surface area contributed by atoms with Crippen LogP contribution in [0.25, 0.3) is 0 Å². The number of hydrogen-bond acceptors (Lipinski definition) is 2. The van der Waals surface area contributed by atoms with Crippen LogP contribution in [0.4, 0.5) is 0 Å². The Morgan fingerprint density at radius 1 is 0.875 bits per heavy atom. The molecule has 0 amide bonds. The Morgan fingerprint density at radius 3 is 2.19 bits per heavy atom. The van der Waals surface area contributed by atoms with Crippen molar-refractivity contribution in [2.45, 2.75) is 0 Å². The lowest BCUT2D eigenvalue weighted by Gasteiger charge is -2.22. The highest BCUT2D eigenvalue weighted by Gasteiger charge is 2.22. The van der Waals surface area contributed by atoms with Crippen molar-refractivity contribution in [2.24, 2.45) is 0 Å². The van der Waals surface area contributed by atoms with E-state index in [4.69, 9.17) is 9.47 Å². The van der Waals surface area contributed by atoms with Crippen LogP contribution in [0.1, 0.15) is 0 Å². The van der Waals surface area contributed by atoms with Crippen LogP contribution in [0.3, 0.4) is 0 Å². The largest absolute Gasteiger partial charge is 0.448 e. The van der Waals surface area contributed by atoms with Crippen LogP contribution < -0.4 is 9.47 Å². The molecule has 0 spiro atoms. The predicted molar refractivity (Wildman–Crippen MR) is 73.4 cm³/mol. The molecule has 80 valence electrons. The molecule has 3 rings (SSSR count). The molecule has 1 aliphatic heterocycles. The highest BCUT2D eigenvalue weighted by atomic mass is 127. The molecule has 4 heteroatoms. The quantitative estimate of drug-likeness (QED) is 0.507. The average molecular weight is 389 g/mol. The number of benzene rings is 2. The van der Waals surface area contributed by atoms with Gasteiger partial charge in [-0.1, -0.05) is 12.1 Å². The van der Waals surface area contributed by atoms with E-state index in [1.165, 1.54) is 0 Å². The van der Waals surface area contributed by atoms with Gasteiger partial charge >= 0.3 is 0 Å². The van der Waals surface area contributed by atoms with Gasteiger partial charge in [-0.3, -0.25) is 0 Å². The molecule has 0 saturated heterocycles. The second kappa shape index (κ2) is 3.92. The van der Waals surface area contributed by atoms with E-state index in [-0.39, 0.29) is 0 Å². The van der Waals surface area contributed by atoms with Crippen LogP contribution in [0.5, 0.6) is 23.0 Å². The molecule has 0 bridgehead atoms. The number of rotatable bonds is 0. The average Bonchev–Trinajstić information content (AvgIpc) is 2.32. The van der Waals surface area contributed by atoms with Gasteiger partial charge < -0.3 is 9.47 Å². The maximum atomic E-state index is 5.83. The fourth-order valence-corrected chi connectivity index (χ4v) is 2.47. The maximum absolute atomic E-state index is 5.83. The van der Waals surface area contributed by atoms with Crippen molar-refractivity contribution in [3.63, 3.8) is 0 Å². The summed E-state index contributed by atoms with van der Waals surface area (Å²) in [6.45, 7) is 0. The van der Waals surface area contributed by atoms with Crippen LogP contribution in [0, 0.1) is 3.57 Å². The van der Waals surface area contributed by atoms with E-state index < -0.39 is 0 Å². The third-order valence-corrected chi connectivity index (χ3v) is 3.76. The van der Waals surface area contributed by atoms with Gasteiger partial charge in [0, 0.05) is 0 Å². The van der Waals surface area contributed by atoms with Crippen molar-refractivity contribution in [2.75, 3.05) is 0 Å². The Labute approximate surface area is 115 Å². The number of halogens is 2. The lowest BCUT2D eigenvalue weighted by Crippen LogP contribution is -2.00. The summed E-state index contributed by atoms with van der Waals surface area (Å²) in [4.78, 5) is 0. The van der Waals surface area contributed by atoms with E-state index in [2.05, 4.69) is 38.5 Å². The molecule has 0 radical (unpaired) electrons. The molecule has 0 aromatic heterocycles. The lowest BCUT2D eigenvalue weighted by molar-refractivity contribution is 0.355. The van der Waals surface area contributed by atoms with Gasteiger partial charge in [-0.05, 0) is 62.8 Å². The Morgan fingerprint density at radius 2 is 1.50 bits per heavy atom. The van der Waals surface area contributed by atoms with E-state index >= 15 is 0 Å². The van der Waals surface area contributed by atoms with Gasteiger partial charge in [-0.25, -0.2) is 0 Å². The standard InChI is InChI=1S/C12H6BrIO2/c13-7-5-6-8(14)12-11(7)15-9-3-1-2-4-10(9)16-12/h1-6H. The fraction of sp³-hybridized carbons (Fsp3) is 0. The topological polar surface area (TPSA) is 18.5 Å². The molecule has 0 aliphatic carbocycles. The molecule has 0 saturated carbocycles. The summed E-state index contributed by atoms with van der Waals surface area (Å²) in [5, 5.41) is 0. The zero-order valence-corrected chi connectivity index (χ0v) is 11.8. The minimum absolute atomic E-state index is 0.741. The zero-order chi connectivity index (χ0) is 11.1. The molecular weight excluding hydrogens is 383 g/mol. The third-order valence-electron chi connectivity index (χ3n) is 2.29. The van der Waals surface area contributed by atoms with Crippen molar-refractivity contribution >= 4 is 38.5 Å². The summed E-state index contributed by atoms with van der Waals surface area (Å²) in [5.74, 6) is 3.02. The van der Waals surface area contributed by atoms with Gasteiger partial charge in [0.05, 0.1) is 8.04 Å². The van der Waals surface area contributed by atoms with Crippen molar-refractivity contribution in [1.82, 2.24) is 0 Å². The van der Waals surface area contributed by atoms with E-state index in [0.717, 1.165) is 31.0 Å². The summed E-state index contributed by atoms with van der Waals surface area (Å²) in [5.41, 5.74) is 0. The van der Waals surface area contributed by atoms with Gasteiger partial charge in [-0.2, -0.15) is 0 Å². The SMILES string of the molecule is Brc1ccc(I)c2c1Oc1ccccc1O2. The molecule has 16 heavy (non-hydrogen) atoms. The van der Waals surface area contributed by atoms with E-state index in [0.29, 0.717) is 0 Å². The van der Waals surface area contributed by atoms with Crippen LogP contribution >= 0.6 is 38.5 Å². The summed E-state index contributed by atoms with van der Waals surface area (Å²) < 4.78 is 13.6. The highest BCUT2D eigenvalue weighted by Crippen LogP contribution is 2.50. The predicted octanol–water partition coefficient (Wildman–Crippen LogP) is 4.95. The number of ether oxygens (including phenoxy) is 2. The van der Waals surface area contributed by atoms with Crippen LogP contribution in [0.2, 0.25) is 0 Å². The smallest absolute Gasteiger partial charge is 0.185 e. The number of fused-ring (bicyclic) bond motifs is 2. The van der Waals surface area contributed by atoms with Gasteiger partial charge in [0.25, 0.3) is 0 Å². The minimum atomic E-state index is 0.741. The zero-order valence-electron chi connectivity index (χ0n) is 8.04. The highest BCUT2D eigenvalue weighted by molar-refractivity contribution is 14.1. The molecule has 0 N–H and O–H groups in total. The number of hydrogen-bond donors (Lipinski definition) is 0. The first kappa shape index (κ1) is 10.4. The van der Waals surface area contributed by atoms with Crippen LogP contribution in [-0.4, -0.2) is 0 Å². The summed E-state index contributed by atoms with van der Waals surface area (Å²) in [6.07, 6.45) is 0. The van der Waals surface area contributed by atoms with Gasteiger partial charge in [0.2, 0.25) is 0 Å². The monoisotopic (exact) mass is 388 g/mol. The Bertz CT molecular complexity index is 519. The summed E-state index contributed by atoms with van der Waals surface area (Å²) in [6, 6.07) is 11.6. The lowest BCUT2D eigenvalue weighted by atomic mass is 10.2. The molecule has 2 aromatic rings. The Kier molecular flexibility index (Phi) is 2.55. The van der Waals surface area contributed by atoms with E-state index in [1.807, 2.05) is 36.4 Å². The molecule has 0 atom stereocenters. The molecule has 1 heterocycles. The van der Waals surface area contributed by atoms with Gasteiger partial charge in [0.1, 0.15) is 0 Å². The van der Waals surface area contributed by atoms with Gasteiger partial charge in [0.15, 0.2) is 23.0 Å². The van der Waals surface area contributed by atoms with Crippen LogP contribution in [0.15, 0.2) is 40.9 Å². The Balaban J connectivity index is 2.19. The molecule has 2 aromatic carbocycles. The van der Waals surface area contributed by atoms with Gasteiger partial charge in [-0.15, -0.1) is 0 Å². The van der Waals surface area contributed by atoms with Crippen molar-refractivity contribution in [3.8, 4) is 23.0 Å². The Hall–Kier alpha value is -0.750. The van der Waals surface area contributed by atoms with Crippen molar-refractivity contribution < 1.29 is 9.47 Å². The first-order valence-electron chi connectivity index (χ1n) is 4.68. The summed E-state index contributed by atoms with van der Waals surface area (Å²) >= 11 is 5.69. The summed E-state index contributed by atoms with van der Waals surface area (Å²) in [7, 11) is 0. The molecule has 1 aliphatic rings. The number of para-hydroxylation sites is 2. The second-order valence-electron chi connectivity index (χ2n) is 3.34. The fourth-order valence-electron chi connectivity index (χ4n) is 1.54.